The Bertz CT molecular complexity index is 258. The molecular formula is C10H17N3. The third-order valence-corrected chi connectivity index (χ3v) is 1.82. The molecule has 0 bridgehead atoms. The molecule has 0 aliphatic carbocycles. The minimum absolute atomic E-state index is 0.248. The average Bonchev–Trinajstić information content (AvgIpc) is 2.03. The van der Waals surface area contributed by atoms with Crippen molar-refractivity contribution in [1.29, 1.82) is 0 Å². The zero-order valence-corrected chi connectivity index (χ0v) is 8.25. The molecule has 13 heavy (non-hydrogen) atoms. The van der Waals surface area contributed by atoms with Crippen LogP contribution >= 0.6 is 0 Å². The lowest BCUT2D eigenvalue weighted by atomic mass is 10.2. The van der Waals surface area contributed by atoms with E-state index >= 15 is 0 Å². The van der Waals surface area contributed by atoms with Gasteiger partial charge in [0, 0.05) is 18.8 Å². The molecule has 0 fully saturated rings. The number of rotatable bonds is 4. The minimum atomic E-state index is 0.248. The normalized spacial score (nSPS) is 12.5. The Balaban J connectivity index is 2.37. The summed E-state index contributed by atoms with van der Waals surface area (Å²) in [4.78, 5) is 4.18. The molecule has 1 unspecified atom stereocenters. The van der Waals surface area contributed by atoms with Gasteiger partial charge in [-0.15, -0.1) is 0 Å². The number of aryl methyl sites for hydroxylation is 1. The lowest BCUT2D eigenvalue weighted by Gasteiger charge is -2.07. The van der Waals surface area contributed by atoms with Gasteiger partial charge < -0.3 is 11.1 Å². The first-order chi connectivity index (χ1) is 6.18. The minimum Gasteiger partial charge on any atom is -0.370 e. The highest BCUT2D eigenvalue weighted by molar-refractivity contribution is 5.36. The third-order valence-electron chi connectivity index (χ3n) is 1.82. The highest BCUT2D eigenvalue weighted by atomic mass is 15.0. The molecule has 0 aliphatic heterocycles. The van der Waals surface area contributed by atoms with E-state index in [1.54, 1.807) is 0 Å². The van der Waals surface area contributed by atoms with Crippen LogP contribution in [0.4, 0.5) is 5.82 Å². The van der Waals surface area contributed by atoms with Gasteiger partial charge in [0.25, 0.3) is 0 Å². The van der Waals surface area contributed by atoms with Gasteiger partial charge in [-0.1, -0.05) is 0 Å². The summed E-state index contributed by atoms with van der Waals surface area (Å²) in [6.07, 6.45) is 2.78. The fourth-order valence-corrected chi connectivity index (χ4v) is 1.06. The fourth-order valence-electron chi connectivity index (χ4n) is 1.06. The Kier molecular flexibility index (Phi) is 3.71. The summed E-state index contributed by atoms with van der Waals surface area (Å²) < 4.78 is 0. The molecule has 0 saturated carbocycles. The van der Waals surface area contributed by atoms with E-state index < -0.39 is 0 Å². The second-order valence-corrected chi connectivity index (χ2v) is 3.41. The molecule has 1 atom stereocenters. The van der Waals surface area contributed by atoms with Crippen LogP contribution in [0.5, 0.6) is 0 Å². The Morgan fingerprint density at radius 1 is 1.62 bits per heavy atom. The summed E-state index contributed by atoms with van der Waals surface area (Å²) >= 11 is 0. The first kappa shape index (κ1) is 9.99. The van der Waals surface area contributed by atoms with Gasteiger partial charge in [-0.3, -0.25) is 0 Å². The number of nitrogens with two attached hydrogens (primary N) is 1. The fraction of sp³-hybridized carbons (Fsp3) is 0.500. The molecule has 0 radical (unpaired) electrons. The van der Waals surface area contributed by atoms with Crippen molar-refractivity contribution in [2.24, 2.45) is 5.73 Å². The number of hydrogen-bond donors (Lipinski definition) is 2. The highest BCUT2D eigenvalue weighted by Crippen LogP contribution is 2.04. The second-order valence-electron chi connectivity index (χ2n) is 3.41. The van der Waals surface area contributed by atoms with Gasteiger partial charge in [0.15, 0.2) is 0 Å². The standard InChI is InChI=1S/C10H17N3/c1-8-3-5-12-10(7-8)13-6-4-9(2)11/h3,5,7,9H,4,6,11H2,1-2H3,(H,12,13). The number of nitrogens with zero attached hydrogens (tertiary/aromatic N) is 1. The van der Waals surface area contributed by atoms with Crippen LogP contribution in [0.1, 0.15) is 18.9 Å². The quantitative estimate of drug-likeness (QED) is 0.737. The molecule has 1 aromatic rings. The van der Waals surface area contributed by atoms with E-state index in [0.717, 1.165) is 18.8 Å². The van der Waals surface area contributed by atoms with Crippen molar-refractivity contribution < 1.29 is 0 Å². The van der Waals surface area contributed by atoms with Crippen LogP contribution in [0, 0.1) is 6.92 Å². The van der Waals surface area contributed by atoms with E-state index in [9.17, 15) is 0 Å². The van der Waals surface area contributed by atoms with Crippen molar-refractivity contribution in [2.75, 3.05) is 11.9 Å². The summed E-state index contributed by atoms with van der Waals surface area (Å²) in [5.74, 6) is 0.931. The Labute approximate surface area is 79.4 Å². The van der Waals surface area contributed by atoms with Crippen LogP contribution in [-0.2, 0) is 0 Å². The van der Waals surface area contributed by atoms with Gasteiger partial charge in [0.05, 0.1) is 0 Å². The van der Waals surface area contributed by atoms with E-state index in [1.165, 1.54) is 5.56 Å². The van der Waals surface area contributed by atoms with Gasteiger partial charge in [-0.05, 0) is 38.0 Å². The predicted octanol–water partition coefficient (Wildman–Crippen LogP) is 1.54. The number of hydrogen-bond acceptors (Lipinski definition) is 3. The maximum absolute atomic E-state index is 5.63. The number of anilines is 1. The number of pyridine rings is 1. The Morgan fingerprint density at radius 2 is 2.38 bits per heavy atom. The summed E-state index contributed by atoms with van der Waals surface area (Å²) in [7, 11) is 0. The van der Waals surface area contributed by atoms with Crippen LogP contribution < -0.4 is 11.1 Å². The molecule has 3 nitrogen and oxygen atoms in total. The molecule has 0 aliphatic rings. The van der Waals surface area contributed by atoms with Crippen LogP contribution in [-0.4, -0.2) is 17.6 Å². The summed E-state index contributed by atoms with van der Waals surface area (Å²) in [5.41, 5.74) is 6.85. The lowest BCUT2D eigenvalue weighted by molar-refractivity contribution is 0.689. The van der Waals surface area contributed by atoms with Gasteiger partial charge in [-0.2, -0.15) is 0 Å². The average molecular weight is 179 g/mol. The largest absolute Gasteiger partial charge is 0.370 e. The molecular weight excluding hydrogens is 162 g/mol. The Morgan fingerprint density at radius 3 is 3.00 bits per heavy atom. The Hall–Kier alpha value is -1.09. The van der Waals surface area contributed by atoms with E-state index in [-0.39, 0.29) is 6.04 Å². The molecule has 0 amide bonds. The second kappa shape index (κ2) is 4.82. The van der Waals surface area contributed by atoms with E-state index in [2.05, 4.69) is 17.2 Å². The molecule has 3 N–H and O–H groups in total. The molecule has 1 rings (SSSR count). The van der Waals surface area contributed by atoms with Crippen LogP contribution in [0.15, 0.2) is 18.3 Å². The van der Waals surface area contributed by atoms with Gasteiger partial charge in [0.2, 0.25) is 0 Å². The van der Waals surface area contributed by atoms with E-state index in [1.807, 2.05) is 25.3 Å². The molecule has 1 heterocycles. The topological polar surface area (TPSA) is 50.9 Å². The molecule has 72 valence electrons. The zero-order chi connectivity index (χ0) is 9.68. The van der Waals surface area contributed by atoms with Crippen LogP contribution in [0.3, 0.4) is 0 Å². The van der Waals surface area contributed by atoms with Crippen molar-refractivity contribution >= 4 is 5.82 Å². The lowest BCUT2D eigenvalue weighted by Crippen LogP contribution is -2.19. The van der Waals surface area contributed by atoms with Gasteiger partial charge in [-0.25, -0.2) is 4.98 Å². The van der Waals surface area contributed by atoms with Crippen LogP contribution in [0.2, 0.25) is 0 Å². The zero-order valence-electron chi connectivity index (χ0n) is 8.25. The van der Waals surface area contributed by atoms with Crippen molar-refractivity contribution in [3.05, 3.63) is 23.9 Å². The van der Waals surface area contributed by atoms with Crippen molar-refractivity contribution in [3.8, 4) is 0 Å². The van der Waals surface area contributed by atoms with Crippen LogP contribution in [0.25, 0.3) is 0 Å². The van der Waals surface area contributed by atoms with Gasteiger partial charge >= 0.3 is 0 Å². The molecule has 3 heteroatoms. The smallest absolute Gasteiger partial charge is 0.126 e. The first-order valence-electron chi connectivity index (χ1n) is 4.60. The summed E-state index contributed by atoms with van der Waals surface area (Å²) in [5, 5.41) is 3.23. The molecule has 0 spiro atoms. The van der Waals surface area contributed by atoms with Crippen molar-refractivity contribution in [3.63, 3.8) is 0 Å². The first-order valence-corrected chi connectivity index (χ1v) is 4.60. The predicted molar refractivity (Wildman–Crippen MR) is 55.7 cm³/mol. The number of aromatic nitrogens is 1. The van der Waals surface area contributed by atoms with E-state index in [4.69, 9.17) is 5.73 Å². The maximum atomic E-state index is 5.63. The van der Waals surface area contributed by atoms with Gasteiger partial charge in [0.1, 0.15) is 5.82 Å². The molecule has 0 saturated heterocycles. The SMILES string of the molecule is Cc1ccnc(NCCC(C)N)c1. The maximum Gasteiger partial charge on any atom is 0.126 e. The van der Waals surface area contributed by atoms with Crippen molar-refractivity contribution in [1.82, 2.24) is 4.98 Å². The number of nitrogens with one attached hydrogen (secondary N) is 1. The van der Waals surface area contributed by atoms with Crippen molar-refractivity contribution in [2.45, 2.75) is 26.3 Å². The monoisotopic (exact) mass is 179 g/mol. The highest BCUT2D eigenvalue weighted by Gasteiger charge is 1.95. The third kappa shape index (κ3) is 3.90. The molecule has 1 aromatic heterocycles. The molecule has 0 aromatic carbocycles. The summed E-state index contributed by atoms with van der Waals surface area (Å²) in [6.45, 7) is 4.94. The van der Waals surface area contributed by atoms with E-state index in [0.29, 0.717) is 0 Å². The summed E-state index contributed by atoms with van der Waals surface area (Å²) in [6, 6.07) is 4.26.